The second-order valence-electron chi connectivity index (χ2n) is 4.85. The van der Waals surface area contributed by atoms with Gasteiger partial charge in [0.2, 0.25) is 5.91 Å². The lowest BCUT2D eigenvalue weighted by molar-refractivity contribution is -0.131. The summed E-state index contributed by atoms with van der Waals surface area (Å²) >= 11 is 5.52. The van der Waals surface area contributed by atoms with Crippen LogP contribution < -0.4 is 5.32 Å². The first-order valence-electron chi connectivity index (χ1n) is 6.54. The Balaban J connectivity index is 2.03. The van der Waals surface area contributed by atoms with E-state index in [0.717, 1.165) is 34.0 Å². The molecule has 4 nitrogen and oxygen atoms in total. The van der Waals surface area contributed by atoms with Gasteiger partial charge >= 0.3 is 0 Å². The predicted octanol–water partition coefficient (Wildman–Crippen LogP) is 2.79. The molecule has 20 heavy (non-hydrogen) atoms. The number of hydrogen-bond acceptors (Lipinski definition) is 2. The van der Waals surface area contributed by atoms with Crippen LogP contribution in [0, 0.1) is 3.57 Å². The fourth-order valence-electron chi connectivity index (χ4n) is 2.22. The Morgan fingerprint density at radius 1 is 1.35 bits per heavy atom. The molecular weight excluding hydrogens is 435 g/mol. The lowest BCUT2D eigenvalue weighted by atomic mass is 10.2. The van der Waals surface area contributed by atoms with Gasteiger partial charge in [-0.05, 0) is 76.5 Å². The van der Waals surface area contributed by atoms with E-state index >= 15 is 0 Å². The van der Waals surface area contributed by atoms with Gasteiger partial charge in [-0.25, -0.2) is 0 Å². The lowest BCUT2D eigenvalue weighted by Crippen LogP contribution is -2.46. The lowest BCUT2D eigenvalue weighted by Gasteiger charge is -2.21. The Kier molecular flexibility index (Phi) is 5.42. The minimum Gasteiger partial charge on any atom is -0.341 e. The maximum atomic E-state index is 12.2. The van der Waals surface area contributed by atoms with Gasteiger partial charge in [0, 0.05) is 21.1 Å². The third kappa shape index (κ3) is 3.72. The average molecular weight is 451 g/mol. The highest BCUT2D eigenvalue weighted by Crippen LogP contribution is 2.19. The van der Waals surface area contributed by atoms with Crippen molar-refractivity contribution in [2.24, 2.45) is 0 Å². The Morgan fingerprint density at radius 2 is 2.00 bits per heavy atom. The maximum absolute atomic E-state index is 12.2. The summed E-state index contributed by atoms with van der Waals surface area (Å²) in [6.45, 7) is 3.33. The third-order valence-corrected chi connectivity index (χ3v) is 4.67. The molecule has 2 amide bonds. The summed E-state index contributed by atoms with van der Waals surface area (Å²) < 4.78 is 1.71. The SMILES string of the molecule is CC(NC(=O)c1cc(I)ccc1Br)C(=O)N1CCCC1. The van der Waals surface area contributed by atoms with Gasteiger partial charge in [0.25, 0.3) is 5.91 Å². The summed E-state index contributed by atoms with van der Waals surface area (Å²) in [6.07, 6.45) is 2.10. The van der Waals surface area contributed by atoms with Crippen LogP contribution in [0.1, 0.15) is 30.1 Å². The van der Waals surface area contributed by atoms with E-state index < -0.39 is 6.04 Å². The average Bonchev–Trinajstić information content (AvgIpc) is 2.94. The molecule has 0 spiro atoms. The summed E-state index contributed by atoms with van der Waals surface area (Å²) in [5, 5.41) is 2.78. The molecule has 1 aliphatic heterocycles. The first-order valence-corrected chi connectivity index (χ1v) is 8.41. The van der Waals surface area contributed by atoms with Crippen molar-refractivity contribution in [3.8, 4) is 0 Å². The van der Waals surface area contributed by atoms with Crippen molar-refractivity contribution >= 4 is 50.3 Å². The van der Waals surface area contributed by atoms with E-state index in [2.05, 4.69) is 43.8 Å². The highest BCUT2D eigenvalue weighted by atomic mass is 127. The summed E-state index contributed by atoms with van der Waals surface area (Å²) in [6, 6.07) is 5.06. The quantitative estimate of drug-likeness (QED) is 0.720. The minimum atomic E-state index is -0.495. The Hall–Kier alpha value is -0.630. The molecule has 108 valence electrons. The van der Waals surface area contributed by atoms with E-state index in [1.165, 1.54) is 0 Å². The van der Waals surface area contributed by atoms with E-state index in [1.54, 1.807) is 13.0 Å². The van der Waals surface area contributed by atoms with Crippen molar-refractivity contribution in [2.75, 3.05) is 13.1 Å². The van der Waals surface area contributed by atoms with Gasteiger partial charge in [-0.15, -0.1) is 0 Å². The van der Waals surface area contributed by atoms with Gasteiger partial charge < -0.3 is 10.2 Å². The van der Waals surface area contributed by atoms with Gasteiger partial charge in [0.1, 0.15) is 6.04 Å². The summed E-state index contributed by atoms with van der Waals surface area (Å²) in [7, 11) is 0. The van der Waals surface area contributed by atoms with Crippen LogP contribution in [0.25, 0.3) is 0 Å². The van der Waals surface area contributed by atoms with Crippen molar-refractivity contribution < 1.29 is 9.59 Å². The summed E-state index contributed by atoms with van der Waals surface area (Å²) in [4.78, 5) is 26.2. The van der Waals surface area contributed by atoms with E-state index in [-0.39, 0.29) is 11.8 Å². The maximum Gasteiger partial charge on any atom is 0.253 e. The molecule has 1 aliphatic rings. The van der Waals surface area contributed by atoms with E-state index in [1.807, 2.05) is 17.0 Å². The molecule has 2 rings (SSSR count). The smallest absolute Gasteiger partial charge is 0.253 e. The molecule has 0 aromatic heterocycles. The molecule has 1 heterocycles. The van der Waals surface area contributed by atoms with Crippen LogP contribution in [0.5, 0.6) is 0 Å². The molecule has 1 aromatic rings. The normalized spacial score (nSPS) is 16.1. The number of nitrogens with zero attached hydrogens (tertiary/aromatic N) is 1. The number of likely N-dealkylation sites (tertiary alicyclic amines) is 1. The fourth-order valence-corrected chi connectivity index (χ4v) is 3.14. The highest BCUT2D eigenvalue weighted by Gasteiger charge is 2.25. The van der Waals surface area contributed by atoms with E-state index in [4.69, 9.17) is 0 Å². The van der Waals surface area contributed by atoms with Gasteiger partial charge in [0.05, 0.1) is 5.56 Å². The number of carbonyl (C=O) groups excluding carboxylic acids is 2. The molecule has 1 N–H and O–H groups in total. The zero-order valence-corrected chi connectivity index (χ0v) is 14.9. The minimum absolute atomic E-state index is 0.00222. The van der Waals surface area contributed by atoms with Crippen molar-refractivity contribution in [3.05, 3.63) is 31.8 Å². The van der Waals surface area contributed by atoms with Crippen LogP contribution in [0.3, 0.4) is 0 Å². The monoisotopic (exact) mass is 450 g/mol. The molecule has 1 atom stereocenters. The molecule has 1 unspecified atom stereocenters. The van der Waals surface area contributed by atoms with Crippen LogP contribution in [0.15, 0.2) is 22.7 Å². The largest absolute Gasteiger partial charge is 0.341 e. The number of amides is 2. The number of hydrogen-bond donors (Lipinski definition) is 1. The van der Waals surface area contributed by atoms with Crippen LogP contribution in [0.4, 0.5) is 0 Å². The summed E-state index contributed by atoms with van der Waals surface area (Å²) in [5.74, 6) is -0.229. The highest BCUT2D eigenvalue weighted by molar-refractivity contribution is 14.1. The van der Waals surface area contributed by atoms with Crippen LogP contribution >= 0.6 is 38.5 Å². The second kappa shape index (κ2) is 6.89. The van der Waals surface area contributed by atoms with Crippen LogP contribution in [0.2, 0.25) is 0 Å². The van der Waals surface area contributed by atoms with Gasteiger partial charge in [0.15, 0.2) is 0 Å². The third-order valence-electron chi connectivity index (χ3n) is 3.31. The molecule has 0 radical (unpaired) electrons. The molecule has 0 saturated carbocycles. The molecular formula is C14H16BrIN2O2. The first kappa shape index (κ1) is 15.8. The van der Waals surface area contributed by atoms with Crippen molar-refractivity contribution in [1.29, 1.82) is 0 Å². The molecule has 0 bridgehead atoms. The van der Waals surface area contributed by atoms with E-state index in [0.29, 0.717) is 5.56 Å². The Morgan fingerprint density at radius 3 is 2.65 bits per heavy atom. The molecule has 1 fully saturated rings. The Labute approximate surface area is 140 Å². The van der Waals surface area contributed by atoms with Crippen molar-refractivity contribution in [1.82, 2.24) is 10.2 Å². The fraction of sp³-hybridized carbons (Fsp3) is 0.429. The number of nitrogens with one attached hydrogen (secondary N) is 1. The zero-order valence-electron chi connectivity index (χ0n) is 11.2. The van der Waals surface area contributed by atoms with Gasteiger partial charge in [-0.1, -0.05) is 0 Å². The topological polar surface area (TPSA) is 49.4 Å². The van der Waals surface area contributed by atoms with Gasteiger partial charge in [-0.2, -0.15) is 0 Å². The predicted molar refractivity (Wildman–Crippen MR) is 89.6 cm³/mol. The number of rotatable bonds is 3. The Bertz CT molecular complexity index is 530. The summed E-state index contributed by atoms with van der Waals surface area (Å²) in [5.41, 5.74) is 0.554. The standard InChI is InChI=1S/C14H16BrIN2O2/c1-9(14(20)18-6-2-3-7-18)17-13(19)11-8-10(16)4-5-12(11)15/h4-5,8-9H,2-3,6-7H2,1H3,(H,17,19). The number of halogens is 2. The molecule has 0 aliphatic carbocycles. The zero-order chi connectivity index (χ0) is 14.7. The van der Waals surface area contributed by atoms with Crippen molar-refractivity contribution in [2.45, 2.75) is 25.8 Å². The molecule has 6 heteroatoms. The number of benzene rings is 1. The second-order valence-corrected chi connectivity index (χ2v) is 6.95. The van der Waals surface area contributed by atoms with Crippen molar-refractivity contribution in [3.63, 3.8) is 0 Å². The molecule has 1 aromatic carbocycles. The van der Waals surface area contributed by atoms with Crippen LogP contribution in [-0.2, 0) is 4.79 Å². The molecule has 1 saturated heterocycles. The van der Waals surface area contributed by atoms with Crippen LogP contribution in [-0.4, -0.2) is 35.8 Å². The van der Waals surface area contributed by atoms with Gasteiger partial charge in [-0.3, -0.25) is 9.59 Å². The first-order chi connectivity index (χ1) is 9.49. The number of carbonyl (C=O) groups is 2. The van der Waals surface area contributed by atoms with E-state index in [9.17, 15) is 9.59 Å².